The Morgan fingerprint density at radius 2 is 1.76 bits per heavy atom. The predicted molar refractivity (Wildman–Crippen MR) is 94.6 cm³/mol. The molecule has 0 fully saturated rings. The first kappa shape index (κ1) is 17.3. The van der Waals surface area contributed by atoms with Gasteiger partial charge in [-0.05, 0) is 24.6 Å². The number of benzene rings is 1. The molecule has 2 heterocycles. The van der Waals surface area contributed by atoms with Gasteiger partial charge >= 0.3 is 0 Å². The Balaban J connectivity index is 2.02. The summed E-state index contributed by atoms with van der Waals surface area (Å²) in [6, 6.07) is 14.5. The molecule has 0 spiro atoms. The van der Waals surface area contributed by atoms with E-state index in [4.69, 9.17) is 0 Å². The highest BCUT2D eigenvalue weighted by Crippen LogP contribution is 2.22. The van der Waals surface area contributed by atoms with Crippen molar-refractivity contribution in [1.82, 2.24) is 14.5 Å². The molecule has 1 aromatic carbocycles. The van der Waals surface area contributed by atoms with E-state index in [2.05, 4.69) is 9.97 Å². The first-order valence-corrected chi connectivity index (χ1v) is 9.53. The zero-order chi connectivity index (χ0) is 17.9. The Bertz CT molecular complexity index is 966. The lowest BCUT2D eigenvalue weighted by molar-refractivity contribution is 0.271. The maximum absolute atomic E-state index is 12.8. The van der Waals surface area contributed by atoms with Gasteiger partial charge in [-0.3, -0.25) is 4.98 Å². The molecule has 0 aliphatic heterocycles. The van der Waals surface area contributed by atoms with Crippen molar-refractivity contribution in [3.63, 3.8) is 0 Å². The van der Waals surface area contributed by atoms with E-state index < -0.39 is 9.84 Å². The zero-order valence-corrected chi connectivity index (χ0v) is 14.6. The lowest BCUT2D eigenvalue weighted by Crippen LogP contribution is -2.14. The first-order chi connectivity index (χ1) is 12.0. The van der Waals surface area contributed by atoms with Gasteiger partial charge in [0.25, 0.3) is 0 Å². The van der Waals surface area contributed by atoms with Crippen molar-refractivity contribution in [2.24, 2.45) is 0 Å². The van der Waals surface area contributed by atoms with E-state index in [0.717, 1.165) is 5.69 Å². The topological polar surface area (TPSA) is 85.1 Å². The van der Waals surface area contributed by atoms with Crippen LogP contribution >= 0.6 is 0 Å². The normalized spacial score (nSPS) is 11.6. The molecule has 25 heavy (non-hydrogen) atoms. The fraction of sp³-hybridized carbons (Fsp3) is 0.222. The minimum absolute atomic E-state index is 0.0521. The van der Waals surface area contributed by atoms with Crippen molar-refractivity contribution in [3.8, 4) is 11.4 Å². The summed E-state index contributed by atoms with van der Waals surface area (Å²) in [6.45, 7) is 1.84. The van der Waals surface area contributed by atoms with Gasteiger partial charge in [-0.1, -0.05) is 36.4 Å². The van der Waals surface area contributed by atoms with Crippen LogP contribution < -0.4 is 0 Å². The average Bonchev–Trinajstić information content (AvgIpc) is 3.01. The molecule has 0 bridgehead atoms. The summed E-state index contributed by atoms with van der Waals surface area (Å²) in [5, 5.41) is 9.21. The molecule has 3 rings (SSSR count). The second-order valence-electron chi connectivity index (χ2n) is 5.73. The summed E-state index contributed by atoms with van der Waals surface area (Å²) in [5.41, 5.74) is 2.59. The molecule has 130 valence electrons. The maximum Gasteiger partial charge on any atom is 0.228 e. The number of hydrogen-bond acceptors (Lipinski definition) is 5. The van der Waals surface area contributed by atoms with Crippen LogP contribution in [0, 0.1) is 6.92 Å². The molecule has 0 saturated carbocycles. The number of aromatic nitrogens is 3. The van der Waals surface area contributed by atoms with Crippen LogP contribution in [-0.2, 0) is 22.1 Å². The van der Waals surface area contributed by atoms with Crippen LogP contribution in [-0.4, -0.2) is 34.7 Å². The number of pyridine rings is 1. The highest BCUT2D eigenvalue weighted by atomic mass is 32.2. The largest absolute Gasteiger partial charge is 0.395 e. The molecule has 3 aromatic rings. The van der Waals surface area contributed by atoms with Gasteiger partial charge in [-0.25, -0.2) is 13.4 Å². The lowest BCUT2D eigenvalue weighted by Gasteiger charge is -2.07. The van der Waals surface area contributed by atoms with Crippen LogP contribution in [0.2, 0.25) is 0 Å². The third-order valence-corrected chi connectivity index (χ3v) is 5.30. The minimum atomic E-state index is -3.65. The standard InChI is InChI=1S/C18H19N3O3S/c1-14-6-5-9-16(19-14)17-12-21(10-11-22)18(20-17)25(23,24)13-15-7-3-2-4-8-15/h2-9,12,22H,10-11,13H2,1H3. The Morgan fingerprint density at radius 3 is 2.44 bits per heavy atom. The molecule has 2 aromatic heterocycles. The number of imidazole rings is 1. The van der Waals surface area contributed by atoms with Crippen LogP contribution in [0.3, 0.4) is 0 Å². The van der Waals surface area contributed by atoms with Gasteiger partial charge in [-0.15, -0.1) is 0 Å². The summed E-state index contributed by atoms with van der Waals surface area (Å²) in [6.07, 6.45) is 1.62. The highest BCUT2D eigenvalue weighted by molar-refractivity contribution is 7.90. The number of aryl methyl sites for hydroxylation is 1. The summed E-state index contributed by atoms with van der Waals surface area (Å²) in [4.78, 5) is 8.70. The molecule has 0 aliphatic rings. The van der Waals surface area contributed by atoms with Gasteiger partial charge in [0.15, 0.2) is 0 Å². The predicted octanol–water partition coefficient (Wildman–Crippen LogP) is 2.22. The van der Waals surface area contributed by atoms with E-state index in [1.807, 2.05) is 25.1 Å². The minimum Gasteiger partial charge on any atom is -0.395 e. The van der Waals surface area contributed by atoms with E-state index in [-0.39, 0.29) is 24.1 Å². The fourth-order valence-electron chi connectivity index (χ4n) is 2.58. The molecule has 6 nitrogen and oxygen atoms in total. The average molecular weight is 357 g/mol. The molecule has 0 saturated heterocycles. The summed E-state index contributed by atoms with van der Waals surface area (Å²) in [7, 11) is -3.65. The van der Waals surface area contributed by atoms with E-state index in [9.17, 15) is 13.5 Å². The van der Waals surface area contributed by atoms with Crippen molar-refractivity contribution in [2.75, 3.05) is 6.61 Å². The molecule has 0 aliphatic carbocycles. The third kappa shape index (κ3) is 3.94. The molecular weight excluding hydrogens is 338 g/mol. The van der Waals surface area contributed by atoms with Crippen molar-refractivity contribution < 1.29 is 13.5 Å². The highest BCUT2D eigenvalue weighted by Gasteiger charge is 2.23. The molecule has 0 radical (unpaired) electrons. The monoisotopic (exact) mass is 357 g/mol. The van der Waals surface area contributed by atoms with Gasteiger partial charge < -0.3 is 9.67 Å². The number of sulfone groups is 1. The Labute approximate surface area is 146 Å². The summed E-state index contributed by atoms with van der Waals surface area (Å²) < 4.78 is 27.1. The van der Waals surface area contributed by atoms with Crippen LogP contribution in [0.4, 0.5) is 0 Å². The van der Waals surface area contributed by atoms with Crippen molar-refractivity contribution in [1.29, 1.82) is 0 Å². The van der Waals surface area contributed by atoms with Crippen molar-refractivity contribution in [2.45, 2.75) is 24.4 Å². The zero-order valence-electron chi connectivity index (χ0n) is 13.8. The van der Waals surface area contributed by atoms with E-state index >= 15 is 0 Å². The maximum atomic E-state index is 12.8. The quantitative estimate of drug-likeness (QED) is 0.731. The van der Waals surface area contributed by atoms with Crippen LogP contribution in [0.1, 0.15) is 11.3 Å². The number of aliphatic hydroxyl groups is 1. The van der Waals surface area contributed by atoms with E-state index in [1.165, 1.54) is 4.57 Å². The van der Waals surface area contributed by atoms with Gasteiger partial charge in [0.1, 0.15) is 5.69 Å². The molecule has 7 heteroatoms. The van der Waals surface area contributed by atoms with E-state index in [1.54, 1.807) is 36.5 Å². The van der Waals surface area contributed by atoms with Gasteiger partial charge in [0.2, 0.25) is 15.0 Å². The van der Waals surface area contributed by atoms with Crippen LogP contribution in [0.5, 0.6) is 0 Å². The Hall–Kier alpha value is -2.51. The smallest absolute Gasteiger partial charge is 0.228 e. The van der Waals surface area contributed by atoms with E-state index in [0.29, 0.717) is 17.0 Å². The summed E-state index contributed by atoms with van der Waals surface area (Å²) in [5.74, 6) is -0.142. The molecule has 1 N–H and O–H groups in total. The SMILES string of the molecule is Cc1cccc(-c2cn(CCO)c(S(=O)(=O)Cc3ccccc3)n2)n1. The number of aliphatic hydroxyl groups excluding tert-OH is 1. The second-order valence-corrected chi connectivity index (χ2v) is 7.62. The Morgan fingerprint density at radius 1 is 1.00 bits per heavy atom. The van der Waals surface area contributed by atoms with Crippen molar-refractivity contribution >= 4 is 9.84 Å². The van der Waals surface area contributed by atoms with Gasteiger partial charge in [0, 0.05) is 18.4 Å². The molecule has 0 amide bonds. The Kier molecular flexibility index (Phi) is 4.96. The number of nitrogens with zero attached hydrogens (tertiary/aromatic N) is 3. The third-order valence-electron chi connectivity index (χ3n) is 3.71. The van der Waals surface area contributed by atoms with Crippen LogP contribution in [0.25, 0.3) is 11.4 Å². The second kappa shape index (κ2) is 7.16. The van der Waals surface area contributed by atoms with Gasteiger partial charge in [-0.2, -0.15) is 0 Å². The van der Waals surface area contributed by atoms with Gasteiger partial charge in [0.05, 0.1) is 18.1 Å². The molecular formula is C18H19N3O3S. The number of rotatable bonds is 6. The summed E-state index contributed by atoms with van der Waals surface area (Å²) >= 11 is 0. The van der Waals surface area contributed by atoms with Crippen LogP contribution in [0.15, 0.2) is 59.9 Å². The molecule has 0 unspecified atom stereocenters. The fourth-order valence-corrected chi connectivity index (χ4v) is 4.08. The molecule has 0 atom stereocenters. The number of hydrogen-bond donors (Lipinski definition) is 1. The van der Waals surface area contributed by atoms with Crippen molar-refractivity contribution in [3.05, 3.63) is 66.0 Å². The first-order valence-electron chi connectivity index (χ1n) is 7.88. The lowest BCUT2D eigenvalue weighted by atomic mass is 10.2.